The third kappa shape index (κ3) is 3.72. The molecular formula is C17H23N5O2. The topological polar surface area (TPSA) is 84.0 Å². The fourth-order valence-corrected chi connectivity index (χ4v) is 3.29. The molecule has 0 unspecified atom stereocenters. The second-order valence-corrected chi connectivity index (χ2v) is 6.27. The molecule has 1 aromatic heterocycles. The first-order valence-corrected chi connectivity index (χ1v) is 8.32. The van der Waals surface area contributed by atoms with Crippen LogP contribution in [-0.2, 0) is 17.8 Å². The number of aromatic nitrogens is 4. The van der Waals surface area contributed by atoms with Crippen molar-refractivity contribution in [3.63, 3.8) is 0 Å². The van der Waals surface area contributed by atoms with Gasteiger partial charge in [-0.05, 0) is 37.0 Å². The SMILES string of the molecule is COc1cc(CC(=O)N(Cc2nn[nH]n2)C2CCCC2)ccc1C. The van der Waals surface area contributed by atoms with Gasteiger partial charge in [-0.25, -0.2) is 0 Å². The highest BCUT2D eigenvalue weighted by Crippen LogP contribution is 2.26. The van der Waals surface area contributed by atoms with Gasteiger partial charge in [0, 0.05) is 6.04 Å². The molecule has 1 saturated carbocycles. The molecule has 2 aromatic rings. The van der Waals surface area contributed by atoms with Crippen molar-refractivity contribution in [3.8, 4) is 5.75 Å². The number of nitrogens with one attached hydrogen (secondary N) is 1. The van der Waals surface area contributed by atoms with E-state index in [9.17, 15) is 4.79 Å². The third-order valence-corrected chi connectivity index (χ3v) is 4.61. The van der Waals surface area contributed by atoms with E-state index in [1.807, 2.05) is 30.0 Å². The lowest BCUT2D eigenvalue weighted by Gasteiger charge is -2.28. The summed E-state index contributed by atoms with van der Waals surface area (Å²) in [6, 6.07) is 6.18. The Morgan fingerprint density at radius 1 is 1.38 bits per heavy atom. The Morgan fingerprint density at radius 2 is 2.17 bits per heavy atom. The molecule has 0 atom stereocenters. The molecule has 0 spiro atoms. The van der Waals surface area contributed by atoms with Crippen LogP contribution in [-0.4, -0.2) is 44.6 Å². The number of carbonyl (C=O) groups excluding carboxylic acids is 1. The van der Waals surface area contributed by atoms with Crippen LogP contribution in [0.25, 0.3) is 0 Å². The third-order valence-electron chi connectivity index (χ3n) is 4.61. The summed E-state index contributed by atoms with van der Waals surface area (Å²) in [5, 5.41) is 14.0. The van der Waals surface area contributed by atoms with E-state index < -0.39 is 0 Å². The van der Waals surface area contributed by atoms with Gasteiger partial charge in [0.05, 0.1) is 20.1 Å². The molecule has 7 heteroatoms. The van der Waals surface area contributed by atoms with Gasteiger partial charge in [-0.3, -0.25) is 4.79 Å². The molecule has 0 saturated heterocycles. The molecule has 0 aliphatic heterocycles. The van der Waals surface area contributed by atoms with Gasteiger partial charge in [-0.2, -0.15) is 5.21 Å². The average molecular weight is 329 g/mol. The second kappa shape index (κ2) is 7.42. The van der Waals surface area contributed by atoms with E-state index in [0.29, 0.717) is 18.8 Å². The fraction of sp³-hybridized carbons (Fsp3) is 0.529. The van der Waals surface area contributed by atoms with Gasteiger partial charge in [0.25, 0.3) is 0 Å². The number of rotatable bonds is 6. The normalized spacial score (nSPS) is 14.8. The predicted molar refractivity (Wildman–Crippen MR) is 88.4 cm³/mol. The zero-order valence-electron chi connectivity index (χ0n) is 14.2. The first-order valence-electron chi connectivity index (χ1n) is 8.32. The summed E-state index contributed by atoms with van der Waals surface area (Å²) >= 11 is 0. The lowest BCUT2D eigenvalue weighted by molar-refractivity contribution is -0.133. The lowest BCUT2D eigenvalue weighted by atomic mass is 10.1. The minimum Gasteiger partial charge on any atom is -0.496 e. The molecule has 1 aliphatic rings. The van der Waals surface area contributed by atoms with Crippen LogP contribution in [0.15, 0.2) is 18.2 Å². The molecule has 1 aromatic carbocycles. The molecule has 1 fully saturated rings. The van der Waals surface area contributed by atoms with E-state index in [-0.39, 0.29) is 11.9 Å². The van der Waals surface area contributed by atoms with Crippen molar-refractivity contribution >= 4 is 5.91 Å². The second-order valence-electron chi connectivity index (χ2n) is 6.27. The van der Waals surface area contributed by atoms with Crippen molar-refractivity contribution in [2.75, 3.05) is 7.11 Å². The molecule has 7 nitrogen and oxygen atoms in total. The standard InChI is InChI=1S/C17H23N5O2/c1-12-7-8-13(9-15(12)24-2)10-17(23)22(14-5-3-4-6-14)11-16-18-20-21-19-16/h7-9,14H,3-6,10-11H2,1-2H3,(H,18,19,20,21). The van der Waals surface area contributed by atoms with Crippen molar-refractivity contribution in [2.24, 2.45) is 0 Å². The van der Waals surface area contributed by atoms with E-state index in [2.05, 4.69) is 20.6 Å². The highest BCUT2D eigenvalue weighted by atomic mass is 16.5. The van der Waals surface area contributed by atoms with Crippen LogP contribution in [0.5, 0.6) is 5.75 Å². The zero-order chi connectivity index (χ0) is 16.9. The molecule has 1 heterocycles. The molecule has 128 valence electrons. The number of benzene rings is 1. The van der Waals surface area contributed by atoms with Crippen molar-refractivity contribution < 1.29 is 9.53 Å². The first kappa shape index (κ1) is 16.4. The van der Waals surface area contributed by atoms with Crippen molar-refractivity contribution in [1.82, 2.24) is 25.5 Å². The van der Waals surface area contributed by atoms with Gasteiger partial charge in [-0.1, -0.05) is 30.2 Å². The number of tetrazole rings is 1. The molecular weight excluding hydrogens is 306 g/mol. The Morgan fingerprint density at radius 3 is 2.83 bits per heavy atom. The number of H-pyrrole nitrogens is 1. The number of aryl methyl sites for hydroxylation is 1. The lowest BCUT2D eigenvalue weighted by Crippen LogP contribution is -2.39. The van der Waals surface area contributed by atoms with Gasteiger partial charge >= 0.3 is 0 Å². The van der Waals surface area contributed by atoms with E-state index in [1.54, 1.807) is 7.11 Å². The summed E-state index contributed by atoms with van der Waals surface area (Å²) in [6.07, 6.45) is 4.77. The molecule has 3 rings (SSSR count). The monoisotopic (exact) mass is 329 g/mol. The Labute approximate surface area is 141 Å². The van der Waals surface area contributed by atoms with Crippen LogP contribution in [0.1, 0.15) is 42.6 Å². The number of ether oxygens (including phenoxy) is 1. The highest BCUT2D eigenvalue weighted by molar-refractivity contribution is 5.79. The molecule has 1 amide bonds. The number of amides is 1. The fourth-order valence-electron chi connectivity index (χ4n) is 3.29. The van der Waals surface area contributed by atoms with Crippen LogP contribution in [0.2, 0.25) is 0 Å². The quantitative estimate of drug-likeness (QED) is 0.876. The number of carbonyl (C=O) groups is 1. The maximum atomic E-state index is 12.9. The van der Waals surface area contributed by atoms with E-state index in [4.69, 9.17) is 4.74 Å². The molecule has 24 heavy (non-hydrogen) atoms. The number of methoxy groups -OCH3 is 1. The minimum absolute atomic E-state index is 0.0950. The van der Waals surface area contributed by atoms with Crippen molar-refractivity contribution in [2.45, 2.75) is 51.6 Å². The first-order chi connectivity index (χ1) is 11.7. The maximum Gasteiger partial charge on any atom is 0.227 e. The van der Waals surface area contributed by atoms with Gasteiger partial charge in [0.1, 0.15) is 5.75 Å². The minimum atomic E-state index is 0.0950. The smallest absolute Gasteiger partial charge is 0.227 e. The van der Waals surface area contributed by atoms with Gasteiger partial charge < -0.3 is 9.64 Å². The van der Waals surface area contributed by atoms with Gasteiger partial charge in [-0.15, -0.1) is 10.2 Å². The van der Waals surface area contributed by atoms with E-state index in [1.165, 1.54) is 12.8 Å². The molecule has 0 bridgehead atoms. The van der Waals surface area contributed by atoms with Gasteiger partial charge in [0.15, 0.2) is 5.82 Å². The zero-order valence-corrected chi connectivity index (χ0v) is 14.2. The number of hydrogen-bond donors (Lipinski definition) is 1. The van der Waals surface area contributed by atoms with Crippen molar-refractivity contribution in [3.05, 3.63) is 35.2 Å². The summed E-state index contributed by atoms with van der Waals surface area (Å²) in [5.41, 5.74) is 2.02. The van der Waals surface area contributed by atoms with E-state index >= 15 is 0 Å². The molecule has 1 aliphatic carbocycles. The summed E-state index contributed by atoms with van der Waals surface area (Å²) in [4.78, 5) is 14.8. The average Bonchev–Trinajstić information content (AvgIpc) is 3.27. The highest BCUT2D eigenvalue weighted by Gasteiger charge is 2.27. The number of hydrogen-bond acceptors (Lipinski definition) is 5. The molecule has 0 radical (unpaired) electrons. The van der Waals surface area contributed by atoms with Crippen LogP contribution in [0, 0.1) is 6.92 Å². The largest absolute Gasteiger partial charge is 0.496 e. The number of nitrogens with zero attached hydrogens (tertiary/aromatic N) is 4. The summed E-state index contributed by atoms with van der Waals surface area (Å²) in [6.45, 7) is 2.40. The summed E-state index contributed by atoms with van der Waals surface area (Å²) in [5.74, 6) is 1.46. The van der Waals surface area contributed by atoms with Crippen LogP contribution >= 0.6 is 0 Å². The van der Waals surface area contributed by atoms with Crippen LogP contribution in [0.3, 0.4) is 0 Å². The molecule has 1 N–H and O–H groups in total. The summed E-state index contributed by atoms with van der Waals surface area (Å²) in [7, 11) is 1.65. The number of aromatic amines is 1. The Bertz CT molecular complexity index is 680. The maximum absolute atomic E-state index is 12.9. The predicted octanol–water partition coefficient (Wildman–Crippen LogP) is 2.03. The van der Waals surface area contributed by atoms with Gasteiger partial charge in [0.2, 0.25) is 5.91 Å². The van der Waals surface area contributed by atoms with Crippen molar-refractivity contribution in [1.29, 1.82) is 0 Å². The van der Waals surface area contributed by atoms with Crippen LogP contribution in [0.4, 0.5) is 0 Å². The summed E-state index contributed by atoms with van der Waals surface area (Å²) < 4.78 is 5.36. The van der Waals surface area contributed by atoms with E-state index in [0.717, 1.165) is 29.7 Å². The Hall–Kier alpha value is -2.44. The Balaban J connectivity index is 1.75. The van der Waals surface area contributed by atoms with Crippen LogP contribution < -0.4 is 4.74 Å². The Kier molecular flexibility index (Phi) is 5.08.